The molecular weight excluding hydrogens is 290 g/mol. The molecule has 0 radical (unpaired) electrons. The zero-order chi connectivity index (χ0) is 16.2. The van der Waals surface area contributed by atoms with Crippen LogP contribution < -0.4 is 5.32 Å². The van der Waals surface area contributed by atoms with E-state index < -0.39 is 0 Å². The van der Waals surface area contributed by atoms with Crippen LogP contribution in [0.2, 0.25) is 0 Å². The molecule has 0 aliphatic carbocycles. The van der Waals surface area contributed by atoms with E-state index in [1.54, 1.807) is 18.4 Å². The fraction of sp³-hybridized carbons (Fsp3) is 0.222. The number of H-pyrrole nitrogens is 1. The van der Waals surface area contributed by atoms with Gasteiger partial charge in [-0.3, -0.25) is 9.89 Å². The number of nitrogens with zero attached hydrogens (tertiary/aromatic N) is 1. The number of hydrogen-bond acceptors (Lipinski definition) is 3. The lowest BCUT2D eigenvalue weighted by atomic mass is 10.0. The fourth-order valence-corrected chi connectivity index (χ4v) is 2.45. The van der Waals surface area contributed by atoms with Gasteiger partial charge in [0.15, 0.2) is 11.5 Å². The lowest BCUT2D eigenvalue weighted by Crippen LogP contribution is -2.28. The van der Waals surface area contributed by atoms with Gasteiger partial charge in [0.2, 0.25) is 0 Å². The normalized spacial score (nSPS) is 12.1. The summed E-state index contributed by atoms with van der Waals surface area (Å²) in [5.41, 5.74) is 3.32. The van der Waals surface area contributed by atoms with Gasteiger partial charge in [-0.05, 0) is 31.0 Å². The van der Waals surface area contributed by atoms with Crippen LogP contribution in [0.3, 0.4) is 0 Å². The van der Waals surface area contributed by atoms with Gasteiger partial charge < -0.3 is 9.73 Å². The van der Waals surface area contributed by atoms with Crippen molar-refractivity contribution in [2.45, 2.75) is 26.3 Å². The van der Waals surface area contributed by atoms with Crippen LogP contribution in [0.1, 0.15) is 41.0 Å². The van der Waals surface area contributed by atoms with Crippen LogP contribution in [0.15, 0.2) is 53.1 Å². The van der Waals surface area contributed by atoms with Gasteiger partial charge in [-0.2, -0.15) is 5.10 Å². The minimum Gasteiger partial charge on any atom is -0.463 e. The zero-order valence-corrected chi connectivity index (χ0v) is 13.2. The summed E-state index contributed by atoms with van der Waals surface area (Å²) in [6.07, 6.45) is 2.39. The van der Waals surface area contributed by atoms with Crippen LogP contribution in [0, 0.1) is 6.92 Å². The highest BCUT2D eigenvalue weighted by Gasteiger charge is 2.17. The Bertz CT molecular complexity index is 773. The first-order valence-electron chi connectivity index (χ1n) is 7.64. The monoisotopic (exact) mass is 309 g/mol. The predicted octanol–water partition coefficient (Wildman–Crippen LogP) is 3.86. The van der Waals surface area contributed by atoms with Crippen molar-refractivity contribution in [1.29, 1.82) is 0 Å². The summed E-state index contributed by atoms with van der Waals surface area (Å²) in [6.45, 7) is 4.09. The summed E-state index contributed by atoms with van der Waals surface area (Å²) in [5.74, 6) is 0.452. The molecule has 1 unspecified atom stereocenters. The maximum Gasteiger partial charge on any atom is 0.272 e. The van der Waals surface area contributed by atoms with Crippen molar-refractivity contribution in [3.05, 3.63) is 65.5 Å². The number of rotatable bonds is 5. The molecule has 2 aromatic heterocycles. The van der Waals surface area contributed by atoms with Crippen LogP contribution in [0.5, 0.6) is 0 Å². The zero-order valence-electron chi connectivity index (χ0n) is 13.2. The molecule has 0 aliphatic heterocycles. The van der Waals surface area contributed by atoms with E-state index in [4.69, 9.17) is 4.42 Å². The van der Waals surface area contributed by atoms with Gasteiger partial charge in [-0.25, -0.2) is 0 Å². The van der Waals surface area contributed by atoms with Crippen molar-refractivity contribution >= 4 is 5.91 Å². The van der Waals surface area contributed by atoms with Gasteiger partial charge in [0, 0.05) is 6.07 Å². The topological polar surface area (TPSA) is 70.9 Å². The standard InChI is InChI=1S/C18H19N3O2/c1-3-14(13-8-6-12(2)7-9-13)19-18(22)16-11-15(20-21-16)17-5-4-10-23-17/h4-11,14H,3H2,1-2H3,(H,19,22)(H,20,21). The molecule has 118 valence electrons. The molecular formula is C18H19N3O2. The van der Waals surface area contributed by atoms with Crippen LogP contribution in [0.4, 0.5) is 0 Å². The van der Waals surface area contributed by atoms with E-state index in [1.807, 2.05) is 44.2 Å². The summed E-state index contributed by atoms with van der Waals surface area (Å²) in [5, 5.41) is 9.92. The summed E-state index contributed by atoms with van der Waals surface area (Å²) in [4.78, 5) is 12.4. The van der Waals surface area contributed by atoms with Gasteiger partial charge in [-0.15, -0.1) is 0 Å². The van der Waals surface area contributed by atoms with E-state index in [1.165, 1.54) is 5.56 Å². The second-order valence-electron chi connectivity index (χ2n) is 5.49. The molecule has 2 N–H and O–H groups in total. The minimum absolute atomic E-state index is 0.0353. The lowest BCUT2D eigenvalue weighted by molar-refractivity contribution is 0.0930. The summed E-state index contributed by atoms with van der Waals surface area (Å²) < 4.78 is 5.29. The molecule has 3 aromatic rings. The fourth-order valence-electron chi connectivity index (χ4n) is 2.45. The number of benzene rings is 1. The number of aromatic nitrogens is 2. The van der Waals surface area contributed by atoms with Crippen LogP contribution in [0.25, 0.3) is 11.5 Å². The SMILES string of the molecule is CCC(NC(=O)c1cc(-c2ccco2)[nH]n1)c1ccc(C)cc1. The lowest BCUT2D eigenvalue weighted by Gasteiger charge is -2.17. The second kappa shape index (κ2) is 6.52. The second-order valence-corrected chi connectivity index (χ2v) is 5.49. The van der Waals surface area contributed by atoms with Gasteiger partial charge in [0.1, 0.15) is 5.69 Å². The van der Waals surface area contributed by atoms with Gasteiger partial charge in [0.05, 0.1) is 12.3 Å². The molecule has 1 amide bonds. The van der Waals surface area contributed by atoms with Crippen molar-refractivity contribution < 1.29 is 9.21 Å². The van der Waals surface area contributed by atoms with Crippen LogP contribution in [-0.2, 0) is 0 Å². The van der Waals surface area contributed by atoms with Crippen molar-refractivity contribution in [1.82, 2.24) is 15.5 Å². The van der Waals surface area contributed by atoms with Crippen molar-refractivity contribution in [3.8, 4) is 11.5 Å². The molecule has 1 atom stereocenters. The highest BCUT2D eigenvalue weighted by molar-refractivity contribution is 5.93. The Kier molecular flexibility index (Phi) is 4.28. The van der Waals surface area contributed by atoms with Gasteiger partial charge in [0.25, 0.3) is 5.91 Å². The molecule has 2 heterocycles. The van der Waals surface area contributed by atoms with E-state index in [0.717, 1.165) is 12.0 Å². The van der Waals surface area contributed by atoms with Crippen molar-refractivity contribution in [3.63, 3.8) is 0 Å². The first-order chi connectivity index (χ1) is 11.2. The van der Waals surface area contributed by atoms with Crippen molar-refractivity contribution in [2.24, 2.45) is 0 Å². The summed E-state index contributed by atoms with van der Waals surface area (Å²) in [7, 11) is 0. The molecule has 0 fully saturated rings. The van der Waals surface area contributed by atoms with E-state index >= 15 is 0 Å². The Hall–Kier alpha value is -2.82. The number of furan rings is 1. The average molecular weight is 309 g/mol. The third-order valence-corrected chi connectivity index (χ3v) is 3.79. The first kappa shape index (κ1) is 15.1. The average Bonchev–Trinajstić information content (AvgIpc) is 3.24. The first-order valence-corrected chi connectivity index (χ1v) is 7.64. The Labute approximate surface area is 134 Å². The smallest absolute Gasteiger partial charge is 0.272 e. The highest BCUT2D eigenvalue weighted by atomic mass is 16.3. The van der Waals surface area contributed by atoms with E-state index in [0.29, 0.717) is 17.1 Å². The largest absolute Gasteiger partial charge is 0.463 e. The Morgan fingerprint density at radius 3 is 2.74 bits per heavy atom. The molecule has 0 spiro atoms. The van der Waals surface area contributed by atoms with E-state index in [-0.39, 0.29) is 11.9 Å². The molecule has 1 aromatic carbocycles. The maximum absolute atomic E-state index is 12.4. The van der Waals surface area contributed by atoms with Crippen LogP contribution >= 0.6 is 0 Å². The van der Waals surface area contributed by atoms with Gasteiger partial charge >= 0.3 is 0 Å². The molecule has 23 heavy (non-hydrogen) atoms. The Balaban J connectivity index is 1.74. The highest BCUT2D eigenvalue weighted by Crippen LogP contribution is 2.20. The Morgan fingerprint density at radius 2 is 2.09 bits per heavy atom. The number of carbonyl (C=O) groups excluding carboxylic acids is 1. The third-order valence-electron chi connectivity index (χ3n) is 3.79. The minimum atomic E-state index is -0.202. The van der Waals surface area contributed by atoms with E-state index in [2.05, 4.69) is 15.5 Å². The number of hydrogen-bond donors (Lipinski definition) is 2. The quantitative estimate of drug-likeness (QED) is 0.752. The van der Waals surface area contributed by atoms with Gasteiger partial charge in [-0.1, -0.05) is 36.8 Å². The number of nitrogens with one attached hydrogen (secondary N) is 2. The molecule has 5 heteroatoms. The molecule has 0 bridgehead atoms. The molecule has 5 nitrogen and oxygen atoms in total. The number of aromatic amines is 1. The predicted molar refractivity (Wildman–Crippen MR) is 88.0 cm³/mol. The summed E-state index contributed by atoms with van der Waals surface area (Å²) >= 11 is 0. The number of amides is 1. The van der Waals surface area contributed by atoms with Crippen molar-refractivity contribution in [2.75, 3.05) is 0 Å². The maximum atomic E-state index is 12.4. The molecule has 0 saturated heterocycles. The molecule has 3 rings (SSSR count). The Morgan fingerprint density at radius 1 is 1.30 bits per heavy atom. The molecule has 0 saturated carbocycles. The number of aryl methyl sites for hydroxylation is 1. The summed E-state index contributed by atoms with van der Waals surface area (Å²) in [6, 6.07) is 13.5. The van der Waals surface area contributed by atoms with E-state index in [9.17, 15) is 4.79 Å². The van der Waals surface area contributed by atoms with Crippen LogP contribution in [-0.4, -0.2) is 16.1 Å². The molecule has 0 aliphatic rings. The number of carbonyl (C=O) groups is 1. The third kappa shape index (κ3) is 3.34.